The number of thioether (sulfide) groups is 1. The first kappa shape index (κ1) is 16.9. The number of hydrogen-bond donors (Lipinski definition) is 0. The summed E-state index contributed by atoms with van der Waals surface area (Å²) in [4.78, 5) is 29.1. The van der Waals surface area contributed by atoms with Crippen LogP contribution in [0, 0.1) is 17.9 Å². The van der Waals surface area contributed by atoms with Crippen LogP contribution in [0.4, 0.5) is 4.79 Å². The Morgan fingerprint density at radius 2 is 2.16 bits per heavy atom. The van der Waals surface area contributed by atoms with E-state index in [1.165, 1.54) is 0 Å². The number of rotatable bonds is 6. The standard InChI is InChI=1S/C11H13N3O4S/c1-13-5-7-17-10(15)8-9(19-2)14-11(16)18-6-3-4-12/h3,5-8H2,2H3. The molecule has 0 saturated carbocycles. The van der Waals surface area contributed by atoms with Crippen molar-refractivity contribution >= 4 is 28.9 Å². The van der Waals surface area contributed by atoms with Gasteiger partial charge in [0, 0.05) is 0 Å². The van der Waals surface area contributed by atoms with Crippen LogP contribution in [0.25, 0.3) is 4.85 Å². The van der Waals surface area contributed by atoms with Crippen LogP contribution in [-0.4, -0.2) is 43.1 Å². The number of nitriles is 1. The lowest BCUT2D eigenvalue weighted by molar-refractivity contribution is -0.141. The lowest BCUT2D eigenvalue weighted by Crippen LogP contribution is -2.12. The van der Waals surface area contributed by atoms with Gasteiger partial charge in [-0.3, -0.25) is 4.79 Å². The second-order valence-corrected chi connectivity index (χ2v) is 3.89. The van der Waals surface area contributed by atoms with E-state index >= 15 is 0 Å². The van der Waals surface area contributed by atoms with Crippen molar-refractivity contribution in [3.8, 4) is 6.07 Å². The van der Waals surface area contributed by atoms with Gasteiger partial charge in [-0.05, 0) is 6.26 Å². The third kappa shape index (κ3) is 9.62. The molecule has 0 unspecified atom stereocenters. The van der Waals surface area contributed by atoms with Crippen molar-refractivity contribution in [3.63, 3.8) is 0 Å². The molecule has 102 valence electrons. The summed E-state index contributed by atoms with van der Waals surface area (Å²) < 4.78 is 9.39. The molecule has 0 rings (SSSR count). The van der Waals surface area contributed by atoms with Crippen LogP contribution >= 0.6 is 11.8 Å². The number of nitrogens with zero attached hydrogens (tertiary/aromatic N) is 3. The Labute approximate surface area is 115 Å². The fourth-order valence-electron chi connectivity index (χ4n) is 0.855. The Kier molecular flexibility index (Phi) is 9.86. The summed E-state index contributed by atoms with van der Waals surface area (Å²) in [6.45, 7) is 6.62. The molecule has 7 nitrogen and oxygen atoms in total. The second kappa shape index (κ2) is 11.1. The van der Waals surface area contributed by atoms with E-state index in [1.54, 1.807) is 6.26 Å². The van der Waals surface area contributed by atoms with Gasteiger partial charge in [0.25, 0.3) is 0 Å². The maximum absolute atomic E-state index is 11.3. The molecule has 0 atom stereocenters. The Bertz CT molecular complexity index is 423. The summed E-state index contributed by atoms with van der Waals surface area (Å²) >= 11 is 1.13. The predicted molar refractivity (Wildman–Crippen MR) is 69.6 cm³/mol. The lowest BCUT2D eigenvalue weighted by atomic mass is 10.5. The van der Waals surface area contributed by atoms with Crippen LogP contribution in [0.5, 0.6) is 0 Å². The molecule has 0 aliphatic heterocycles. The van der Waals surface area contributed by atoms with Crippen molar-refractivity contribution in [2.45, 2.75) is 12.8 Å². The van der Waals surface area contributed by atoms with Gasteiger partial charge in [0.2, 0.25) is 6.54 Å². The average Bonchev–Trinajstić information content (AvgIpc) is 2.38. The molecule has 0 aliphatic carbocycles. The number of hydrogen-bond acceptors (Lipinski definition) is 6. The van der Waals surface area contributed by atoms with E-state index < -0.39 is 12.1 Å². The molecule has 0 aromatic heterocycles. The van der Waals surface area contributed by atoms with Crippen molar-refractivity contribution in [2.75, 3.05) is 26.0 Å². The van der Waals surface area contributed by atoms with E-state index in [4.69, 9.17) is 16.6 Å². The summed E-state index contributed by atoms with van der Waals surface area (Å²) in [5, 5.41) is 8.52. The highest BCUT2D eigenvalue weighted by Crippen LogP contribution is 2.06. The van der Waals surface area contributed by atoms with Crippen LogP contribution in [0.3, 0.4) is 0 Å². The molecule has 0 N–H and O–H groups in total. The first-order valence-electron chi connectivity index (χ1n) is 5.28. The van der Waals surface area contributed by atoms with Gasteiger partial charge in [-0.25, -0.2) is 11.4 Å². The number of ether oxygens (including phenoxy) is 2. The van der Waals surface area contributed by atoms with Crippen LogP contribution in [0.2, 0.25) is 0 Å². The zero-order valence-corrected chi connectivity index (χ0v) is 11.2. The molecule has 1 amide bonds. The van der Waals surface area contributed by atoms with E-state index in [9.17, 15) is 9.59 Å². The molecular formula is C11H13N3O4S. The van der Waals surface area contributed by atoms with Crippen LogP contribution in [0.15, 0.2) is 4.99 Å². The number of carbonyl (C=O) groups is 2. The molecule has 8 heteroatoms. The molecule has 0 bridgehead atoms. The van der Waals surface area contributed by atoms with Gasteiger partial charge in [0.1, 0.15) is 6.61 Å². The van der Waals surface area contributed by atoms with Crippen molar-refractivity contribution in [1.82, 2.24) is 0 Å². The Balaban J connectivity index is 4.18. The molecule has 0 aliphatic rings. The number of esters is 1. The Morgan fingerprint density at radius 1 is 1.42 bits per heavy atom. The Morgan fingerprint density at radius 3 is 2.74 bits per heavy atom. The third-order valence-electron chi connectivity index (χ3n) is 1.65. The van der Waals surface area contributed by atoms with Gasteiger partial charge >= 0.3 is 12.1 Å². The van der Waals surface area contributed by atoms with Gasteiger partial charge < -0.3 is 14.3 Å². The first-order chi connectivity index (χ1) is 9.13. The van der Waals surface area contributed by atoms with Crippen molar-refractivity contribution in [1.29, 1.82) is 5.26 Å². The average molecular weight is 283 g/mol. The van der Waals surface area contributed by atoms with Gasteiger partial charge in [-0.15, -0.1) is 11.8 Å². The SMILES string of the molecule is [C-]#[N+]CCOC(=O)CC(=NC(=O)OCCC#N)SC. The number of aliphatic imine (C=N–C) groups is 1. The molecule has 0 heterocycles. The minimum atomic E-state index is -0.839. The quantitative estimate of drug-likeness (QED) is 0.242. The van der Waals surface area contributed by atoms with E-state index in [-0.39, 0.29) is 37.6 Å². The molecule has 0 aromatic carbocycles. The topological polar surface area (TPSA) is 93.1 Å². The molecule has 19 heavy (non-hydrogen) atoms. The summed E-state index contributed by atoms with van der Waals surface area (Å²) in [5.41, 5.74) is 0. The van der Waals surface area contributed by atoms with Crippen LogP contribution in [-0.2, 0) is 14.3 Å². The summed E-state index contributed by atoms with van der Waals surface area (Å²) in [6.07, 6.45) is 0.767. The van der Waals surface area contributed by atoms with Gasteiger partial charge in [0.05, 0.1) is 24.0 Å². The van der Waals surface area contributed by atoms with Crippen molar-refractivity contribution in [2.24, 2.45) is 4.99 Å². The van der Waals surface area contributed by atoms with Crippen LogP contribution in [0.1, 0.15) is 12.8 Å². The zero-order valence-electron chi connectivity index (χ0n) is 10.4. The maximum atomic E-state index is 11.3. The largest absolute Gasteiger partial charge is 0.457 e. The molecule has 0 radical (unpaired) electrons. The van der Waals surface area contributed by atoms with E-state index in [2.05, 4.69) is 14.6 Å². The highest BCUT2D eigenvalue weighted by atomic mass is 32.2. The fraction of sp³-hybridized carbons (Fsp3) is 0.545. The molecule has 0 fully saturated rings. The lowest BCUT2D eigenvalue weighted by Gasteiger charge is -2.03. The van der Waals surface area contributed by atoms with Crippen LogP contribution < -0.4 is 0 Å². The van der Waals surface area contributed by atoms with Crippen molar-refractivity contribution < 1.29 is 19.1 Å². The minimum absolute atomic E-state index is 0.0244. The summed E-state index contributed by atoms with van der Waals surface area (Å²) in [6, 6.07) is 1.82. The first-order valence-corrected chi connectivity index (χ1v) is 6.50. The minimum Gasteiger partial charge on any atom is -0.457 e. The zero-order chi connectivity index (χ0) is 14.5. The van der Waals surface area contributed by atoms with Gasteiger partial charge in [0.15, 0.2) is 6.61 Å². The predicted octanol–water partition coefficient (Wildman–Crippen LogP) is 1.65. The fourth-order valence-corrected chi connectivity index (χ4v) is 1.28. The van der Waals surface area contributed by atoms with E-state index in [0.29, 0.717) is 0 Å². The Hall–Kier alpha value is -2.06. The normalized spacial score (nSPS) is 10.2. The second-order valence-electron chi connectivity index (χ2n) is 3.01. The highest BCUT2D eigenvalue weighted by Gasteiger charge is 2.11. The molecule has 0 aromatic rings. The van der Waals surface area contributed by atoms with Crippen molar-refractivity contribution in [3.05, 3.63) is 11.4 Å². The smallest absolute Gasteiger partial charge is 0.434 e. The summed E-state index contributed by atoms with van der Waals surface area (Å²) in [5.74, 6) is -0.554. The maximum Gasteiger partial charge on any atom is 0.434 e. The third-order valence-corrected chi connectivity index (χ3v) is 2.36. The number of carbonyl (C=O) groups excluding carboxylic acids is 2. The summed E-state index contributed by atoms with van der Waals surface area (Å²) in [7, 11) is 0. The monoisotopic (exact) mass is 283 g/mol. The highest BCUT2D eigenvalue weighted by molar-refractivity contribution is 8.13. The number of amides is 1. The van der Waals surface area contributed by atoms with Gasteiger partial charge in [-0.2, -0.15) is 10.3 Å². The van der Waals surface area contributed by atoms with Gasteiger partial charge in [-0.1, -0.05) is 0 Å². The molecular weight excluding hydrogens is 270 g/mol. The van der Waals surface area contributed by atoms with E-state index in [1.807, 2.05) is 6.07 Å². The molecule has 0 spiro atoms. The van der Waals surface area contributed by atoms with E-state index in [0.717, 1.165) is 11.8 Å². The molecule has 0 saturated heterocycles.